The van der Waals surface area contributed by atoms with Crippen LogP contribution in [0.15, 0.2) is 122 Å². The molecule has 0 saturated carbocycles. The molecule has 0 aliphatic heterocycles. The van der Waals surface area contributed by atoms with Crippen molar-refractivity contribution < 1.29 is 66.3 Å². The van der Waals surface area contributed by atoms with E-state index in [-0.39, 0.29) is 23.0 Å². The maximum absolute atomic E-state index is 13.1. The van der Waals surface area contributed by atoms with Crippen LogP contribution in [-0.4, -0.2) is 136 Å². The molecule has 86 heavy (non-hydrogen) atoms. The molecule has 0 aliphatic rings. The Kier molecular flexibility index (Phi) is 18.3. The number of methoxy groups -OCH3 is 12. The van der Waals surface area contributed by atoms with Crippen molar-refractivity contribution >= 4 is 0 Å². The van der Waals surface area contributed by atoms with E-state index in [0.717, 1.165) is 22.3 Å². The first-order valence-corrected chi connectivity index (χ1v) is 25.6. The van der Waals surface area contributed by atoms with Gasteiger partial charge in [-0.25, -0.2) is 19.4 Å². The molecule has 0 saturated heterocycles. The predicted molar refractivity (Wildman–Crippen MR) is 311 cm³/mol. The Labute approximate surface area is 492 Å². The summed E-state index contributed by atoms with van der Waals surface area (Å²) in [5, 5.41) is 60.5. The number of ether oxygens (including phenoxy) is 12. The molecular weight excluding hydrogens is 1110 g/mol. The first-order chi connectivity index (χ1) is 41.9. The molecular formula is C60H56N12O14. The van der Waals surface area contributed by atoms with Crippen LogP contribution in [0.25, 0.3) is 90.6 Å². The smallest absolute Gasteiger partial charge is 0.360 e. The molecule has 10 aromatic rings. The Hall–Kier alpha value is -11.4. The summed E-state index contributed by atoms with van der Waals surface area (Å²) in [7, 11) is 18.3. The van der Waals surface area contributed by atoms with E-state index < -0.39 is 0 Å². The summed E-state index contributed by atoms with van der Waals surface area (Å²) in [5.41, 5.74) is 6.48. The molecule has 10 rings (SSSR count). The third-order valence-electron chi connectivity index (χ3n) is 13.1. The minimum atomic E-state index is 0.0162. The van der Waals surface area contributed by atoms with E-state index in [2.05, 4.69) is 50.8 Å². The predicted octanol–water partition coefficient (Wildman–Crippen LogP) is 8.03. The second-order valence-electron chi connectivity index (χ2n) is 17.9. The van der Waals surface area contributed by atoms with Crippen LogP contribution in [0.1, 0.15) is 0 Å². The number of rotatable bonds is 20. The van der Waals surface area contributed by atoms with Gasteiger partial charge in [0, 0.05) is 33.4 Å². The maximum atomic E-state index is 13.1. The van der Waals surface area contributed by atoms with Gasteiger partial charge in [0.25, 0.3) is 0 Å². The second-order valence-corrected chi connectivity index (χ2v) is 17.9. The molecule has 4 heterocycles. The zero-order valence-corrected chi connectivity index (χ0v) is 48.6. The molecule has 0 spiro atoms. The van der Waals surface area contributed by atoms with Gasteiger partial charge in [-0.1, -0.05) is 24.3 Å². The van der Waals surface area contributed by atoms with Crippen molar-refractivity contribution in [3.63, 3.8) is 0 Å². The summed E-state index contributed by atoms with van der Waals surface area (Å²) < 4.78 is 66.1. The molecule has 0 radical (unpaired) electrons. The van der Waals surface area contributed by atoms with E-state index in [1.54, 1.807) is 128 Å². The van der Waals surface area contributed by atoms with Crippen LogP contribution in [0.5, 0.6) is 69.0 Å². The third-order valence-corrected chi connectivity index (χ3v) is 13.1. The van der Waals surface area contributed by atoms with Crippen LogP contribution in [0, 0.1) is 10.4 Å². The Morgan fingerprint density at radius 2 is 0.535 bits per heavy atom. The van der Waals surface area contributed by atoms with Gasteiger partial charge in [0.15, 0.2) is 69.0 Å². The molecule has 6 aromatic carbocycles. The Balaban J connectivity index is 0.000000206. The Morgan fingerprint density at radius 1 is 0.279 bits per heavy atom. The van der Waals surface area contributed by atoms with E-state index in [4.69, 9.17) is 56.8 Å². The lowest BCUT2D eigenvalue weighted by Crippen LogP contribution is -2.32. The summed E-state index contributed by atoms with van der Waals surface area (Å²) in [6.07, 6.45) is 5.85. The lowest BCUT2D eigenvalue weighted by atomic mass is 10.1. The fourth-order valence-electron chi connectivity index (χ4n) is 8.91. The van der Waals surface area contributed by atoms with Gasteiger partial charge in [0.1, 0.15) is 23.8 Å². The van der Waals surface area contributed by atoms with Gasteiger partial charge < -0.3 is 67.3 Å². The normalized spacial score (nSPS) is 10.7. The zero-order valence-electron chi connectivity index (χ0n) is 48.6. The van der Waals surface area contributed by atoms with E-state index in [1.807, 2.05) is 24.3 Å². The van der Waals surface area contributed by atoms with Crippen molar-refractivity contribution in [1.29, 1.82) is 0 Å². The first-order valence-electron chi connectivity index (χ1n) is 25.6. The largest absolute Gasteiger partial charge is 0.710 e. The van der Waals surface area contributed by atoms with Gasteiger partial charge >= 0.3 is 11.6 Å². The molecule has 440 valence electrons. The van der Waals surface area contributed by atoms with Gasteiger partial charge in [-0.2, -0.15) is 0 Å². The number of aromatic nitrogens is 12. The minimum Gasteiger partial charge on any atom is -0.710 e. The van der Waals surface area contributed by atoms with Crippen molar-refractivity contribution in [3.8, 4) is 160 Å². The van der Waals surface area contributed by atoms with Crippen molar-refractivity contribution in [3.05, 3.63) is 132 Å². The second kappa shape index (κ2) is 26.6. The lowest BCUT2D eigenvalue weighted by Gasteiger charge is -2.14. The van der Waals surface area contributed by atoms with Crippen LogP contribution < -0.4 is 66.3 Å². The number of hydrogen-bond acceptors (Lipinski definition) is 24. The highest BCUT2D eigenvalue weighted by atomic mass is 16.6. The minimum absolute atomic E-state index is 0.0162. The van der Waals surface area contributed by atoms with Crippen molar-refractivity contribution in [1.82, 2.24) is 50.8 Å². The zero-order chi connectivity index (χ0) is 61.0. The van der Waals surface area contributed by atoms with Crippen LogP contribution in [0.4, 0.5) is 0 Å². The molecule has 0 fully saturated rings. The van der Waals surface area contributed by atoms with E-state index in [9.17, 15) is 10.4 Å². The highest BCUT2D eigenvalue weighted by Crippen LogP contribution is 2.44. The summed E-state index contributed by atoms with van der Waals surface area (Å²) in [6, 6.07) is 28.0. The Bertz CT molecular complexity index is 3700. The van der Waals surface area contributed by atoms with Crippen LogP contribution in [0.2, 0.25) is 0 Å². The SMILES string of the molecule is COc1cc(-c2c[n+]([O-])c(-c3cccc(-c4nnc(-c5cc(OC)c(OC)c(OC)c5)c[n+]4[O-])c3)nn2)cc(OC)c1OC.COc1cc(-c2cnc(-c3cccc(-c4ncc(-c5cc(OC)c(OC)c(OC)c5)nn4)c3)nn2)cc(OC)c1OC. The lowest BCUT2D eigenvalue weighted by molar-refractivity contribution is -0.597. The molecule has 0 amide bonds. The highest BCUT2D eigenvalue weighted by Gasteiger charge is 2.24. The molecule has 0 aliphatic carbocycles. The molecule has 0 unspecified atom stereocenters. The summed E-state index contributed by atoms with van der Waals surface area (Å²) >= 11 is 0. The molecule has 0 atom stereocenters. The fourth-order valence-corrected chi connectivity index (χ4v) is 8.91. The molecule has 0 N–H and O–H groups in total. The fraction of sp³-hybridized carbons (Fsp3) is 0.200. The van der Waals surface area contributed by atoms with Crippen LogP contribution >= 0.6 is 0 Å². The standard InChI is InChI=1S/C30H28N6O8.C30H28N6O6/c1-39-23-11-19(12-24(40-2)27(23)43-5)21-15-35(37)29(33-31-21)17-8-7-9-18(10-17)30-34-32-22(16-36(30)38)20-13-25(41-3)28(44-6)26(14-20)42-4;1-37-23-11-19(12-24(38-2)27(23)41-5)21-15-31-29(35-33-21)17-8-7-9-18(10-17)30-32-16-22(34-36-30)20-13-25(39-3)28(42-6)26(14-20)40-4/h7-16H,1-6H3;7-16H,1-6H3. The highest BCUT2D eigenvalue weighted by molar-refractivity contribution is 5.73. The molecule has 0 bridgehead atoms. The van der Waals surface area contributed by atoms with E-state index in [1.165, 1.54) is 55.1 Å². The van der Waals surface area contributed by atoms with Crippen molar-refractivity contribution in [2.75, 3.05) is 85.3 Å². The summed E-state index contributed by atoms with van der Waals surface area (Å²) in [6.45, 7) is 0. The van der Waals surface area contributed by atoms with Crippen LogP contribution in [-0.2, 0) is 0 Å². The average Bonchev–Trinajstić information content (AvgIpc) is 3.15. The van der Waals surface area contributed by atoms with Crippen molar-refractivity contribution in [2.45, 2.75) is 0 Å². The van der Waals surface area contributed by atoms with Gasteiger partial charge in [-0.05, 0) is 83.0 Å². The van der Waals surface area contributed by atoms with Gasteiger partial charge in [0.2, 0.25) is 23.0 Å². The van der Waals surface area contributed by atoms with Crippen LogP contribution in [0.3, 0.4) is 0 Å². The molecule has 26 nitrogen and oxygen atoms in total. The first kappa shape index (κ1) is 59.2. The Morgan fingerprint density at radius 3 is 0.779 bits per heavy atom. The third kappa shape index (κ3) is 12.2. The average molecular weight is 1170 g/mol. The molecule has 4 aromatic heterocycles. The maximum Gasteiger partial charge on any atom is 0.360 e. The molecule has 26 heteroatoms. The van der Waals surface area contributed by atoms with E-state index >= 15 is 0 Å². The van der Waals surface area contributed by atoms with E-state index in [0.29, 0.717) is 124 Å². The number of benzene rings is 6. The van der Waals surface area contributed by atoms with Crippen molar-refractivity contribution in [2.24, 2.45) is 0 Å². The number of hydrogen-bond donors (Lipinski definition) is 0. The van der Waals surface area contributed by atoms with Gasteiger partial charge in [-0.3, -0.25) is 0 Å². The summed E-state index contributed by atoms with van der Waals surface area (Å²) in [4.78, 5) is 9.07. The number of nitrogens with zero attached hydrogens (tertiary/aromatic N) is 12. The summed E-state index contributed by atoms with van der Waals surface area (Å²) in [5.74, 6) is 6.37. The van der Waals surface area contributed by atoms with Gasteiger partial charge in [0.05, 0.1) is 119 Å². The monoisotopic (exact) mass is 1170 g/mol. The quantitative estimate of drug-likeness (QED) is 0.0515. The van der Waals surface area contributed by atoms with Gasteiger partial charge in [-0.15, -0.1) is 20.4 Å². The topological polar surface area (TPSA) is 294 Å².